The van der Waals surface area contributed by atoms with Crippen molar-refractivity contribution >= 4 is 23.4 Å². The molecular formula is C26H31ClN2O3. The largest absolute Gasteiger partial charge is 0.488 e. The van der Waals surface area contributed by atoms with Gasteiger partial charge in [0.25, 0.3) is 5.91 Å². The number of carbonyl (C=O) groups is 2. The van der Waals surface area contributed by atoms with Crippen LogP contribution in [0.4, 0.5) is 0 Å². The third kappa shape index (κ3) is 5.44. The minimum atomic E-state index is -0.0330. The Morgan fingerprint density at radius 3 is 2.22 bits per heavy atom. The molecule has 0 aliphatic carbocycles. The summed E-state index contributed by atoms with van der Waals surface area (Å²) in [5.41, 5.74) is 1.55. The molecule has 170 valence electrons. The standard InChI is InChI=1S/C26H31ClN2O3/c1-19-10-14-28(15-11-19)25(30)21-12-16-29(17-13-21)26(31)23-4-2-3-5-24(23)32-18-20-6-8-22(27)9-7-20/h2-9,19,21H,10-18H2,1H3. The van der Waals surface area contributed by atoms with Crippen molar-refractivity contribution in [3.8, 4) is 5.75 Å². The van der Waals surface area contributed by atoms with Gasteiger partial charge >= 0.3 is 0 Å². The van der Waals surface area contributed by atoms with Crippen molar-refractivity contribution in [1.82, 2.24) is 9.80 Å². The predicted octanol–water partition coefficient (Wildman–Crippen LogP) is 5.03. The van der Waals surface area contributed by atoms with Gasteiger partial charge in [-0.25, -0.2) is 0 Å². The number of halogens is 1. The first-order valence-corrected chi connectivity index (χ1v) is 11.9. The summed E-state index contributed by atoms with van der Waals surface area (Å²) in [6.07, 6.45) is 3.64. The number of amides is 2. The van der Waals surface area contributed by atoms with Gasteiger partial charge in [-0.15, -0.1) is 0 Å². The van der Waals surface area contributed by atoms with Gasteiger partial charge < -0.3 is 14.5 Å². The monoisotopic (exact) mass is 454 g/mol. The predicted molar refractivity (Wildman–Crippen MR) is 126 cm³/mol. The smallest absolute Gasteiger partial charge is 0.257 e. The van der Waals surface area contributed by atoms with E-state index in [9.17, 15) is 9.59 Å². The first kappa shape index (κ1) is 22.7. The van der Waals surface area contributed by atoms with Crippen LogP contribution < -0.4 is 4.74 Å². The van der Waals surface area contributed by atoms with E-state index in [-0.39, 0.29) is 17.7 Å². The highest BCUT2D eigenvalue weighted by atomic mass is 35.5. The fourth-order valence-electron chi connectivity index (χ4n) is 4.50. The van der Waals surface area contributed by atoms with Crippen LogP contribution in [0.15, 0.2) is 48.5 Å². The van der Waals surface area contributed by atoms with Crippen molar-refractivity contribution < 1.29 is 14.3 Å². The lowest BCUT2D eigenvalue weighted by atomic mass is 9.92. The molecule has 6 heteroatoms. The third-order valence-corrected chi connectivity index (χ3v) is 6.90. The van der Waals surface area contributed by atoms with E-state index < -0.39 is 0 Å². The van der Waals surface area contributed by atoms with Crippen LogP contribution in [0.2, 0.25) is 5.02 Å². The van der Waals surface area contributed by atoms with Gasteiger partial charge in [0.15, 0.2) is 0 Å². The fourth-order valence-corrected chi connectivity index (χ4v) is 4.62. The number of hydrogen-bond donors (Lipinski definition) is 0. The molecule has 2 aliphatic heterocycles. The second-order valence-corrected chi connectivity index (χ2v) is 9.42. The van der Waals surface area contributed by atoms with Crippen LogP contribution in [0.25, 0.3) is 0 Å². The molecule has 0 spiro atoms. The Labute approximate surface area is 195 Å². The zero-order chi connectivity index (χ0) is 22.5. The van der Waals surface area contributed by atoms with E-state index >= 15 is 0 Å². The molecule has 4 rings (SSSR count). The quantitative estimate of drug-likeness (QED) is 0.636. The van der Waals surface area contributed by atoms with Gasteiger partial charge in [0.2, 0.25) is 5.91 Å². The molecular weight excluding hydrogens is 424 g/mol. The molecule has 0 N–H and O–H groups in total. The number of hydrogen-bond acceptors (Lipinski definition) is 3. The molecule has 0 saturated carbocycles. The van der Waals surface area contributed by atoms with Crippen molar-refractivity contribution in [1.29, 1.82) is 0 Å². The third-order valence-electron chi connectivity index (χ3n) is 6.65. The van der Waals surface area contributed by atoms with Crippen molar-refractivity contribution in [3.63, 3.8) is 0 Å². The number of rotatable bonds is 5. The Bertz CT molecular complexity index is 930. The van der Waals surface area contributed by atoms with Crippen LogP contribution in [-0.4, -0.2) is 47.8 Å². The molecule has 0 atom stereocenters. The number of likely N-dealkylation sites (tertiary alicyclic amines) is 2. The van der Waals surface area contributed by atoms with E-state index in [1.165, 1.54) is 0 Å². The highest BCUT2D eigenvalue weighted by molar-refractivity contribution is 6.30. The molecule has 2 fully saturated rings. The second-order valence-electron chi connectivity index (χ2n) is 8.99. The number of para-hydroxylation sites is 1. The summed E-state index contributed by atoms with van der Waals surface area (Å²) in [6, 6.07) is 14.9. The van der Waals surface area contributed by atoms with Gasteiger partial charge in [0.1, 0.15) is 12.4 Å². The van der Waals surface area contributed by atoms with Gasteiger partial charge in [-0.05, 0) is 61.4 Å². The molecule has 0 unspecified atom stereocenters. The molecule has 2 aliphatic rings. The molecule has 0 aromatic heterocycles. The van der Waals surface area contributed by atoms with Crippen molar-refractivity contribution in [2.24, 2.45) is 11.8 Å². The highest BCUT2D eigenvalue weighted by Crippen LogP contribution is 2.27. The summed E-state index contributed by atoms with van der Waals surface area (Å²) in [5, 5.41) is 0.682. The summed E-state index contributed by atoms with van der Waals surface area (Å²) in [6.45, 7) is 5.57. The number of nitrogens with zero attached hydrogens (tertiary/aromatic N) is 2. The topological polar surface area (TPSA) is 49.9 Å². The minimum absolute atomic E-state index is 0.0313. The molecule has 2 amide bonds. The Morgan fingerprint density at radius 1 is 0.906 bits per heavy atom. The second kappa shape index (κ2) is 10.4. The lowest BCUT2D eigenvalue weighted by Crippen LogP contribution is -2.46. The summed E-state index contributed by atoms with van der Waals surface area (Å²) in [5.74, 6) is 1.56. The summed E-state index contributed by atoms with van der Waals surface area (Å²) < 4.78 is 5.97. The van der Waals surface area contributed by atoms with Gasteiger partial charge in [0.05, 0.1) is 5.56 Å². The van der Waals surface area contributed by atoms with E-state index in [1.807, 2.05) is 58.3 Å². The summed E-state index contributed by atoms with van der Waals surface area (Å²) >= 11 is 5.95. The summed E-state index contributed by atoms with van der Waals surface area (Å²) in [4.78, 5) is 30.0. The van der Waals surface area contributed by atoms with E-state index in [1.54, 1.807) is 0 Å². The molecule has 0 radical (unpaired) electrons. The fraction of sp³-hybridized carbons (Fsp3) is 0.462. The molecule has 2 aromatic carbocycles. The Balaban J connectivity index is 1.34. The maximum Gasteiger partial charge on any atom is 0.257 e. The van der Waals surface area contributed by atoms with Gasteiger partial charge in [0, 0.05) is 37.1 Å². The molecule has 2 heterocycles. The lowest BCUT2D eigenvalue weighted by molar-refractivity contribution is -0.138. The lowest BCUT2D eigenvalue weighted by Gasteiger charge is -2.36. The normalized spacial score (nSPS) is 17.9. The maximum absolute atomic E-state index is 13.2. The van der Waals surface area contributed by atoms with Crippen molar-refractivity contribution in [2.45, 2.75) is 39.2 Å². The first-order chi connectivity index (χ1) is 15.5. The summed E-state index contributed by atoms with van der Waals surface area (Å²) in [7, 11) is 0. The van der Waals surface area contributed by atoms with Gasteiger partial charge in [-0.3, -0.25) is 9.59 Å². The van der Waals surface area contributed by atoms with Crippen molar-refractivity contribution in [3.05, 3.63) is 64.7 Å². The average molecular weight is 455 g/mol. The van der Waals surface area contributed by atoms with Gasteiger partial charge in [-0.2, -0.15) is 0 Å². The zero-order valence-corrected chi connectivity index (χ0v) is 19.4. The van der Waals surface area contributed by atoms with E-state index in [4.69, 9.17) is 16.3 Å². The zero-order valence-electron chi connectivity index (χ0n) is 18.6. The van der Waals surface area contributed by atoms with Gasteiger partial charge in [-0.1, -0.05) is 42.8 Å². The van der Waals surface area contributed by atoms with Crippen LogP contribution in [0.3, 0.4) is 0 Å². The molecule has 5 nitrogen and oxygen atoms in total. The van der Waals surface area contributed by atoms with Crippen LogP contribution in [0.5, 0.6) is 5.75 Å². The Morgan fingerprint density at radius 2 is 1.53 bits per heavy atom. The highest BCUT2D eigenvalue weighted by Gasteiger charge is 2.32. The minimum Gasteiger partial charge on any atom is -0.488 e. The number of piperidine rings is 2. The van der Waals surface area contributed by atoms with Crippen LogP contribution in [-0.2, 0) is 11.4 Å². The molecule has 2 saturated heterocycles. The number of benzene rings is 2. The maximum atomic E-state index is 13.2. The van der Waals surface area contributed by atoms with E-state index in [0.29, 0.717) is 41.9 Å². The van der Waals surface area contributed by atoms with E-state index in [0.717, 1.165) is 44.3 Å². The first-order valence-electron chi connectivity index (χ1n) is 11.6. The Hall–Kier alpha value is -2.53. The number of ether oxygens (including phenoxy) is 1. The van der Waals surface area contributed by atoms with Crippen LogP contribution >= 0.6 is 11.6 Å². The van der Waals surface area contributed by atoms with Crippen LogP contribution in [0, 0.1) is 11.8 Å². The Kier molecular flexibility index (Phi) is 7.36. The SMILES string of the molecule is CC1CCN(C(=O)C2CCN(C(=O)c3ccccc3OCc3ccc(Cl)cc3)CC2)CC1. The molecule has 32 heavy (non-hydrogen) atoms. The van der Waals surface area contributed by atoms with E-state index in [2.05, 4.69) is 6.92 Å². The van der Waals surface area contributed by atoms with Crippen LogP contribution in [0.1, 0.15) is 48.5 Å². The molecule has 0 bridgehead atoms. The van der Waals surface area contributed by atoms with Crippen molar-refractivity contribution in [2.75, 3.05) is 26.2 Å². The molecule has 2 aromatic rings. The number of carbonyl (C=O) groups excluding carboxylic acids is 2. The average Bonchev–Trinajstić information content (AvgIpc) is 2.83.